The Labute approximate surface area is 158 Å². The summed E-state index contributed by atoms with van der Waals surface area (Å²) < 4.78 is 40.6. The van der Waals surface area contributed by atoms with Crippen LogP contribution in [0.3, 0.4) is 0 Å². The van der Waals surface area contributed by atoms with Crippen molar-refractivity contribution < 1.29 is 18.0 Å². The minimum atomic E-state index is -4.51. The minimum absolute atomic E-state index is 0.0626. The topological polar surface area (TPSA) is 46.9 Å². The van der Waals surface area contributed by atoms with Crippen molar-refractivity contribution in [3.05, 3.63) is 78.1 Å². The maximum atomic E-state index is 12.9. The van der Waals surface area contributed by atoms with E-state index in [1.165, 1.54) is 30.0 Å². The third kappa shape index (κ3) is 5.13. The first kappa shape index (κ1) is 19.0. The molecule has 27 heavy (non-hydrogen) atoms. The summed E-state index contributed by atoms with van der Waals surface area (Å²) >= 11 is 1.33. The smallest absolute Gasteiger partial charge is 0.325 e. The summed E-state index contributed by atoms with van der Waals surface area (Å²) in [6.07, 6.45) is -0.973. The number of nitrogens with zero attached hydrogens (tertiary/aromatic N) is 2. The zero-order valence-corrected chi connectivity index (χ0v) is 14.9. The monoisotopic (exact) mass is 391 g/mol. The van der Waals surface area contributed by atoms with Gasteiger partial charge in [0.1, 0.15) is 0 Å². The molecule has 2 aromatic carbocycles. The molecule has 0 aliphatic carbocycles. The van der Waals surface area contributed by atoms with Crippen molar-refractivity contribution in [2.24, 2.45) is 0 Å². The van der Waals surface area contributed by atoms with Crippen molar-refractivity contribution in [1.29, 1.82) is 0 Å². The molecule has 1 heterocycles. The molecule has 0 unspecified atom stereocenters. The quantitative estimate of drug-likeness (QED) is 0.659. The van der Waals surface area contributed by atoms with Gasteiger partial charge in [0.25, 0.3) is 0 Å². The molecule has 8 heteroatoms. The molecule has 140 valence electrons. The molecule has 0 bridgehead atoms. The Morgan fingerprint density at radius 1 is 1.07 bits per heavy atom. The van der Waals surface area contributed by atoms with E-state index < -0.39 is 17.6 Å². The molecule has 0 atom stereocenters. The summed E-state index contributed by atoms with van der Waals surface area (Å²) in [5, 5.41) is 6.48. The average Bonchev–Trinajstić information content (AvgIpc) is 3.16. The molecule has 1 aromatic heterocycles. The van der Waals surface area contributed by atoms with E-state index in [9.17, 15) is 18.0 Å². The molecule has 3 rings (SSSR count). The largest absolute Gasteiger partial charge is 0.418 e. The summed E-state index contributed by atoms with van der Waals surface area (Å²) in [4.78, 5) is 12.0. The highest BCUT2D eigenvalue weighted by molar-refractivity contribution is 7.99. The fourth-order valence-corrected chi connectivity index (χ4v) is 3.24. The molecule has 3 aromatic rings. The van der Waals surface area contributed by atoms with Crippen LogP contribution < -0.4 is 5.32 Å². The number of carbonyl (C=O) groups is 1. The van der Waals surface area contributed by atoms with Crippen LogP contribution in [0, 0.1) is 0 Å². The highest BCUT2D eigenvalue weighted by atomic mass is 32.2. The van der Waals surface area contributed by atoms with E-state index in [1.54, 1.807) is 10.9 Å². The Bertz CT molecular complexity index is 893. The van der Waals surface area contributed by atoms with Gasteiger partial charge in [-0.25, -0.2) is 4.68 Å². The Morgan fingerprint density at radius 2 is 1.81 bits per heavy atom. The maximum absolute atomic E-state index is 12.9. The Kier molecular flexibility index (Phi) is 5.85. The SMILES string of the molecule is O=C(CSCc1ccc(-n2cccn2)cc1)Nc1ccccc1C(F)(F)F. The van der Waals surface area contributed by atoms with Crippen LogP contribution in [-0.2, 0) is 16.7 Å². The van der Waals surface area contributed by atoms with E-state index in [2.05, 4.69) is 10.4 Å². The summed E-state index contributed by atoms with van der Waals surface area (Å²) in [6, 6.07) is 14.5. The summed E-state index contributed by atoms with van der Waals surface area (Å²) in [5.74, 6) is 0.172. The average molecular weight is 391 g/mol. The molecular formula is C19H16F3N3OS. The molecule has 0 saturated heterocycles. The molecule has 0 aliphatic rings. The van der Waals surface area contributed by atoms with Crippen LogP contribution in [0.25, 0.3) is 5.69 Å². The van der Waals surface area contributed by atoms with Crippen LogP contribution in [0.2, 0.25) is 0 Å². The number of alkyl halides is 3. The van der Waals surface area contributed by atoms with Gasteiger partial charge < -0.3 is 5.32 Å². The molecular weight excluding hydrogens is 375 g/mol. The first-order valence-electron chi connectivity index (χ1n) is 8.06. The maximum Gasteiger partial charge on any atom is 0.418 e. The number of para-hydroxylation sites is 1. The lowest BCUT2D eigenvalue weighted by molar-refractivity contribution is -0.137. The van der Waals surface area contributed by atoms with Gasteiger partial charge in [-0.2, -0.15) is 18.3 Å². The first-order chi connectivity index (χ1) is 12.9. The third-order valence-corrected chi connectivity index (χ3v) is 4.72. The normalized spacial score (nSPS) is 11.4. The Hall–Kier alpha value is -2.74. The number of carbonyl (C=O) groups excluding carboxylic acids is 1. The summed E-state index contributed by atoms with van der Waals surface area (Å²) in [6.45, 7) is 0. The molecule has 0 fully saturated rings. The fraction of sp³-hybridized carbons (Fsp3) is 0.158. The molecule has 0 spiro atoms. The van der Waals surface area contributed by atoms with Crippen LogP contribution in [0.15, 0.2) is 67.0 Å². The van der Waals surface area contributed by atoms with Crippen LogP contribution in [0.1, 0.15) is 11.1 Å². The zero-order valence-electron chi connectivity index (χ0n) is 14.1. The number of benzene rings is 2. The molecule has 0 aliphatic heterocycles. The number of thioether (sulfide) groups is 1. The van der Waals surface area contributed by atoms with Crippen LogP contribution in [0.5, 0.6) is 0 Å². The lowest BCUT2D eigenvalue weighted by Gasteiger charge is -2.13. The second-order valence-electron chi connectivity index (χ2n) is 5.70. The van der Waals surface area contributed by atoms with Gasteiger partial charge >= 0.3 is 6.18 Å². The van der Waals surface area contributed by atoms with Crippen LogP contribution in [0.4, 0.5) is 18.9 Å². The van der Waals surface area contributed by atoms with Crippen molar-refractivity contribution in [2.45, 2.75) is 11.9 Å². The van der Waals surface area contributed by atoms with Gasteiger partial charge in [0.2, 0.25) is 5.91 Å². The molecule has 4 nitrogen and oxygen atoms in total. The predicted molar refractivity (Wildman–Crippen MR) is 99.8 cm³/mol. The van der Waals surface area contributed by atoms with Gasteiger partial charge in [-0.05, 0) is 35.9 Å². The van der Waals surface area contributed by atoms with Gasteiger partial charge in [-0.3, -0.25) is 4.79 Å². The number of anilines is 1. The van der Waals surface area contributed by atoms with E-state index in [1.807, 2.05) is 36.5 Å². The lowest BCUT2D eigenvalue weighted by Crippen LogP contribution is -2.18. The number of hydrogen-bond donors (Lipinski definition) is 1. The van der Waals surface area contributed by atoms with Crippen LogP contribution in [-0.4, -0.2) is 21.4 Å². The van der Waals surface area contributed by atoms with E-state index in [0.717, 1.165) is 17.3 Å². The van der Waals surface area contributed by atoms with Crippen molar-refractivity contribution >= 4 is 23.4 Å². The molecule has 1 N–H and O–H groups in total. The van der Waals surface area contributed by atoms with Gasteiger partial charge in [0.05, 0.1) is 22.7 Å². The van der Waals surface area contributed by atoms with E-state index in [4.69, 9.17) is 0 Å². The van der Waals surface area contributed by atoms with Crippen molar-refractivity contribution in [1.82, 2.24) is 9.78 Å². The van der Waals surface area contributed by atoms with Gasteiger partial charge in [-0.1, -0.05) is 24.3 Å². The third-order valence-electron chi connectivity index (χ3n) is 3.71. The highest BCUT2D eigenvalue weighted by Gasteiger charge is 2.33. The number of amides is 1. The number of halogens is 3. The van der Waals surface area contributed by atoms with Crippen LogP contribution >= 0.6 is 11.8 Å². The summed E-state index contributed by atoms with van der Waals surface area (Å²) in [7, 11) is 0. The second kappa shape index (κ2) is 8.30. The van der Waals surface area contributed by atoms with E-state index in [0.29, 0.717) is 5.75 Å². The first-order valence-corrected chi connectivity index (χ1v) is 9.22. The molecule has 1 amide bonds. The standard InChI is InChI=1S/C19H16F3N3OS/c20-19(21,22)16-4-1-2-5-17(16)24-18(26)13-27-12-14-6-8-15(9-7-14)25-11-3-10-23-25/h1-11H,12-13H2,(H,24,26). The number of rotatable bonds is 6. The highest BCUT2D eigenvalue weighted by Crippen LogP contribution is 2.34. The minimum Gasteiger partial charge on any atom is -0.325 e. The predicted octanol–water partition coefficient (Wildman–Crippen LogP) is 4.76. The van der Waals surface area contributed by atoms with Gasteiger partial charge in [0.15, 0.2) is 0 Å². The summed E-state index contributed by atoms with van der Waals surface area (Å²) in [5.41, 5.74) is 0.867. The Morgan fingerprint density at radius 3 is 2.48 bits per heavy atom. The number of hydrogen-bond acceptors (Lipinski definition) is 3. The van der Waals surface area contributed by atoms with E-state index in [-0.39, 0.29) is 11.4 Å². The van der Waals surface area contributed by atoms with Crippen molar-refractivity contribution in [3.8, 4) is 5.69 Å². The Balaban J connectivity index is 1.52. The van der Waals surface area contributed by atoms with Crippen molar-refractivity contribution in [3.63, 3.8) is 0 Å². The van der Waals surface area contributed by atoms with Gasteiger partial charge in [0, 0.05) is 18.1 Å². The fourth-order valence-electron chi connectivity index (χ4n) is 2.45. The van der Waals surface area contributed by atoms with Gasteiger partial charge in [-0.15, -0.1) is 11.8 Å². The number of nitrogens with one attached hydrogen (secondary N) is 1. The zero-order chi connectivity index (χ0) is 19.3. The molecule has 0 radical (unpaired) electrons. The second-order valence-corrected chi connectivity index (χ2v) is 6.69. The lowest BCUT2D eigenvalue weighted by atomic mass is 10.1. The van der Waals surface area contributed by atoms with E-state index >= 15 is 0 Å². The number of aromatic nitrogens is 2. The van der Waals surface area contributed by atoms with Crippen molar-refractivity contribution in [2.75, 3.05) is 11.1 Å². The molecule has 0 saturated carbocycles.